The molecule has 0 spiro atoms. The Morgan fingerprint density at radius 2 is 2.24 bits per heavy atom. The summed E-state index contributed by atoms with van der Waals surface area (Å²) in [4.78, 5) is 2.01. The Kier molecular flexibility index (Phi) is 3.88. The molecule has 1 unspecified atom stereocenters. The number of nitrogens with one attached hydrogen (secondary N) is 1. The Hall–Kier alpha value is -1.95. The SMILES string of the molecule is CCNC(C)c1ccc(N2CCn3cnnc3C2)c(F)c1. The third-order valence-corrected chi connectivity index (χ3v) is 3.96. The van der Waals surface area contributed by atoms with Crippen molar-refractivity contribution in [3.63, 3.8) is 0 Å². The van der Waals surface area contributed by atoms with Gasteiger partial charge in [0.15, 0.2) is 5.82 Å². The normalized spacial score (nSPS) is 15.9. The smallest absolute Gasteiger partial charge is 0.152 e. The fourth-order valence-corrected chi connectivity index (χ4v) is 2.74. The average molecular weight is 289 g/mol. The molecule has 1 aromatic heterocycles. The molecule has 112 valence electrons. The van der Waals surface area contributed by atoms with Crippen LogP contribution in [0.4, 0.5) is 10.1 Å². The highest BCUT2D eigenvalue weighted by atomic mass is 19.1. The van der Waals surface area contributed by atoms with Crippen LogP contribution in [-0.4, -0.2) is 27.9 Å². The Labute approximate surface area is 123 Å². The number of anilines is 1. The predicted molar refractivity (Wildman–Crippen MR) is 79.6 cm³/mol. The lowest BCUT2D eigenvalue weighted by atomic mass is 10.1. The van der Waals surface area contributed by atoms with Crippen LogP contribution in [0.25, 0.3) is 0 Å². The molecule has 1 N–H and O–H groups in total. The number of halogens is 1. The van der Waals surface area contributed by atoms with E-state index in [1.165, 1.54) is 0 Å². The minimum absolute atomic E-state index is 0.156. The summed E-state index contributed by atoms with van der Waals surface area (Å²) in [6.07, 6.45) is 1.73. The zero-order chi connectivity index (χ0) is 14.8. The van der Waals surface area contributed by atoms with E-state index >= 15 is 0 Å². The van der Waals surface area contributed by atoms with Gasteiger partial charge in [0.25, 0.3) is 0 Å². The second-order valence-electron chi connectivity index (χ2n) is 5.35. The van der Waals surface area contributed by atoms with Crippen LogP contribution in [0.5, 0.6) is 0 Å². The van der Waals surface area contributed by atoms with E-state index in [0.29, 0.717) is 12.2 Å². The molecule has 0 amide bonds. The lowest BCUT2D eigenvalue weighted by molar-refractivity contribution is 0.540. The molecule has 1 atom stereocenters. The number of hydrogen-bond acceptors (Lipinski definition) is 4. The first-order valence-electron chi connectivity index (χ1n) is 7.33. The van der Waals surface area contributed by atoms with Gasteiger partial charge in [-0.15, -0.1) is 10.2 Å². The second kappa shape index (κ2) is 5.81. The van der Waals surface area contributed by atoms with E-state index in [2.05, 4.69) is 15.5 Å². The molecule has 0 saturated heterocycles. The van der Waals surface area contributed by atoms with Crippen LogP contribution in [0.2, 0.25) is 0 Å². The largest absolute Gasteiger partial charge is 0.360 e. The Balaban J connectivity index is 1.80. The van der Waals surface area contributed by atoms with Crippen LogP contribution in [0, 0.1) is 5.82 Å². The van der Waals surface area contributed by atoms with E-state index in [0.717, 1.165) is 31.0 Å². The van der Waals surface area contributed by atoms with Crippen molar-refractivity contribution in [1.29, 1.82) is 0 Å². The lowest BCUT2D eigenvalue weighted by Gasteiger charge is -2.29. The molecule has 5 nitrogen and oxygen atoms in total. The molecule has 0 radical (unpaired) electrons. The number of aromatic nitrogens is 3. The maximum atomic E-state index is 14.4. The van der Waals surface area contributed by atoms with E-state index < -0.39 is 0 Å². The van der Waals surface area contributed by atoms with Gasteiger partial charge in [-0.05, 0) is 31.2 Å². The van der Waals surface area contributed by atoms with Gasteiger partial charge in [-0.3, -0.25) is 0 Å². The minimum atomic E-state index is -0.176. The van der Waals surface area contributed by atoms with E-state index in [9.17, 15) is 4.39 Å². The highest BCUT2D eigenvalue weighted by Gasteiger charge is 2.20. The minimum Gasteiger partial charge on any atom is -0.360 e. The fourth-order valence-electron chi connectivity index (χ4n) is 2.74. The molecule has 3 rings (SSSR count). The molecule has 0 fully saturated rings. The van der Waals surface area contributed by atoms with Gasteiger partial charge >= 0.3 is 0 Å². The van der Waals surface area contributed by atoms with E-state index in [4.69, 9.17) is 0 Å². The van der Waals surface area contributed by atoms with Crippen molar-refractivity contribution in [3.8, 4) is 0 Å². The Morgan fingerprint density at radius 1 is 1.38 bits per heavy atom. The first-order chi connectivity index (χ1) is 10.2. The van der Waals surface area contributed by atoms with E-state index in [1.807, 2.05) is 35.4 Å². The standard InChI is InChI=1S/C15H20FN5/c1-3-17-11(2)12-4-5-14(13(16)8-12)20-6-7-21-10-18-19-15(21)9-20/h4-5,8,10-11,17H,3,6-7,9H2,1-2H3. The van der Waals surface area contributed by atoms with Crippen molar-refractivity contribution in [2.24, 2.45) is 0 Å². The quantitative estimate of drug-likeness (QED) is 0.936. The maximum Gasteiger partial charge on any atom is 0.152 e. The summed E-state index contributed by atoms with van der Waals surface area (Å²) in [5, 5.41) is 11.3. The van der Waals surface area contributed by atoms with Crippen molar-refractivity contribution in [2.75, 3.05) is 18.0 Å². The van der Waals surface area contributed by atoms with Gasteiger partial charge in [0, 0.05) is 19.1 Å². The average Bonchev–Trinajstić information content (AvgIpc) is 2.94. The first kappa shape index (κ1) is 14.0. The van der Waals surface area contributed by atoms with Crippen LogP contribution in [-0.2, 0) is 13.1 Å². The molecule has 1 aliphatic heterocycles. The first-order valence-corrected chi connectivity index (χ1v) is 7.33. The monoisotopic (exact) mass is 289 g/mol. The molecular formula is C15H20FN5. The molecule has 0 saturated carbocycles. The Morgan fingerprint density at radius 3 is 3.00 bits per heavy atom. The van der Waals surface area contributed by atoms with Gasteiger partial charge in [0.1, 0.15) is 12.1 Å². The fraction of sp³-hybridized carbons (Fsp3) is 0.467. The number of benzene rings is 1. The highest BCUT2D eigenvalue weighted by molar-refractivity contribution is 5.50. The van der Waals surface area contributed by atoms with Crippen LogP contribution in [0.3, 0.4) is 0 Å². The van der Waals surface area contributed by atoms with Gasteiger partial charge in [0.05, 0.1) is 12.2 Å². The summed E-state index contributed by atoms with van der Waals surface area (Å²) < 4.78 is 16.4. The molecule has 1 aromatic carbocycles. The molecule has 0 bridgehead atoms. The van der Waals surface area contributed by atoms with Gasteiger partial charge in [-0.1, -0.05) is 13.0 Å². The maximum absolute atomic E-state index is 14.4. The van der Waals surface area contributed by atoms with E-state index in [1.54, 1.807) is 12.4 Å². The van der Waals surface area contributed by atoms with Crippen molar-refractivity contribution in [3.05, 3.63) is 41.7 Å². The van der Waals surface area contributed by atoms with Gasteiger partial charge in [0.2, 0.25) is 0 Å². The third-order valence-electron chi connectivity index (χ3n) is 3.96. The summed E-state index contributed by atoms with van der Waals surface area (Å²) in [6.45, 7) is 7.11. The topological polar surface area (TPSA) is 46.0 Å². The molecule has 2 heterocycles. The lowest BCUT2D eigenvalue weighted by Crippen LogP contribution is -2.34. The van der Waals surface area contributed by atoms with Crippen LogP contribution in [0.15, 0.2) is 24.5 Å². The zero-order valence-electron chi connectivity index (χ0n) is 12.4. The van der Waals surface area contributed by atoms with Crippen molar-refractivity contribution in [1.82, 2.24) is 20.1 Å². The highest BCUT2D eigenvalue weighted by Crippen LogP contribution is 2.26. The molecule has 21 heavy (non-hydrogen) atoms. The Bertz CT molecular complexity index is 624. The number of fused-ring (bicyclic) bond motifs is 1. The second-order valence-corrected chi connectivity index (χ2v) is 5.35. The number of nitrogens with zero attached hydrogens (tertiary/aromatic N) is 4. The summed E-state index contributed by atoms with van der Waals surface area (Å²) >= 11 is 0. The molecular weight excluding hydrogens is 269 g/mol. The summed E-state index contributed by atoms with van der Waals surface area (Å²) in [7, 11) is 0. The zero-order valence-corrected chi connectivity index (χ0v) is 12.4. The van der Waals surface area contributed by atoms with Crippen molar-refractivity contribution in [2.45, 2.75) is 33.0 Å². The van der Waals surface area contributed by atoms with Gasteiger partial charge < -0.3 is 14.8 Å². The third kappa shape index (κ3) is 2.76. The van der Waals surface area contributed by atoms with Crippen LogP contribution < -0.4 is 10.2 Å². The number of hydrogen-bond donors (Lipinski definition) is 1. The summed E-state index contributed by atoms with van der Waals surface area (Å²) in [5.74, 6) is 0.705. The van der Waals surface area contributed by atoms with E-state index in [-0.39, 0.29) is 11.9 Å². The number of rotatable bonds is 4. The predicted octanol–water partition coefficient (Wildman–Crippen LogP) is 2.11. The molecule has 2 aromatic rings. The van der Waals surface area contributed by atoms with Crippen LogP contribution in [0.1, 0.15) is 31.3 Å². The molecule has 6 heteroatoms. The van der Waals surface area contributed by atoms with Crippen molar-refractivity contribution < 1.29 is 4.39 Å². The molecule has 0 aliphatic carbocycles. The molecule has 1 aliphatic rings. The van der Waals surface area contributed by atoms with Crippen molar-refractivity contribution >= 4 is 5.69 Å². The van der Waals surface area contributed by atoms with Crippen LogP contribution >= 0.6 is 0 Å². The van der Waals surface area contributed by atoms with Gasteiger partial charge in [-0.2, -0.15) is 0 Å². The van der Waals surface area contributed by atoms with Gasteiger partial charge in [-0.25, -0.2) is 4.39 Å². The summed E-state index contributed by atoms with van der Waals surface area (Å²) in [5.41, 5.74) is 1.61. The summed E-state index contributed by atoms with van der Waals surface area (Å²) in [6, 6.07) is 5.64.